The minimum absolute atomic E-state index is 0. The van der Waals surface area contributed by atoms with Gasteiger partial charge in [-0.2, -0.15) is 0 Å². The number of halogens is 2. The molecule has 0 saturated carbocycles. The highest BCUT2D eigenvalue weighted by Crippen LogP contribution is 2.45. The van der Waals surface area contributed by atoms with Crippen molar-refractivity contribution in [3.63, 3.8) is 0 Å². The molecule has 0 atom stereocenters. The fourth-order valence-corrected chi connectivity index (χ4v) is 4.34. The number of esters is 1. The van der Waals surface area contributed by atoms with Crippen molar-refractivity contribution < 1.29 is 46.8 Å². The number of methoxy groups -OCH3 is 3. The molecule has 3 aromatic carbocycles. The van der Waals surface area contributed by atoms with Crippen LogP contribution in [0.3, 0.4) is 0 Å². The summed E-state index contributed by atoms with van der Waals surface area (Å²) in [6.07, 6.45) is 0. The molecule has 13 heteroatoms. The second kappa shape index (κ2) is 15.9. The van der Waals surface area contributed by atoms with Gasteiger partial charge in [0.05, 0.1) is 70.5 Å². The van der Waals surface area contributed by atoms with Crippen LogP contribution in [0.25, 0.3) is 33.1 Å². The number of rotatable bonds is 15. The molecule has 0 amide bonds. The smallest absolute Gasteiger partial charge is 0.319 e. The van der Waals surface area contributed by atoms with Crippen LogP contribution in [0.4, 0.5) is 4.39 Å². The lowest BCUT2D eigenvalue weighted by Gasteiger charge is -2.17. The number of fused-ring (bicyclic) bond motifs is 3. The summed E-state index contributed by atoms with van der Waals surface area (Å²) < 4.78 is 58.9. The zero-order valence-corrected chi connectivity index (χ0v) is 24.8. The van der Waals surface area contributed by atoms with E-state index in [0.717, 1.165) is 0 Å². The van der Waals surface area contributed by atoms with E-state index in [9.17, 15) is 14.0 Å². The summed E-state index contributed by atoms with van der Waals surface area (Å²) in [6, 6.07) is 10.6. The number of nitrogens with two attached hydrogens (primary N) is 1. The predicted octanol–water partition coefficient (Wildman–Crippen LogP) is 4.11. The van der Waals surface area contributed by atoms with Crippen LogP contribution in [-0.4, -0.2) is 73.5 Å². The average Bonchev–Trinajstić information content (AvgIpc) is 3.01. The van der Waals surface area contributed by atoms with Crippen LogP contribution in [0.15, 0.2) is 51.7 Å². The van der Waals surface area contributed by atoms with Crippen molar-refractivity contribution in [2.24, 2.45) is 5.73 Å². The Morgan fingerprint density at radius 1 is 0.837 bits per heavy atom. The molecule has 11 nitrogen and oxygen atoms in total. The van der Waals surface area contributed by atoms with E-state index in [0.29, 0.717) is 33.6 Å². The van der Waals surface area contributed by atoms with Crippen molar-refractivity contribution in [2.45, 2.75) is 0 Å². The van der Waals surface area contributed by atoms with Gasteiger partial charge in [0.15, 0.2) is 11.3 Å². The predicted molar refractivity (Wildman–Crippen MR) is 159 cm³/mol. The summed E-state index contributed by atoms with van der Waals surface area (Å²) in [4.78, 5) is 24.9. The number of carbonyl (C=O) groups is 1. The maximum absolute atomic E-state index is 14.3. The second-order valence-corrected chi connectivity index (χ2v) is 8.77. The van der Waals surface area contributed by atoms with Gasteiger partial charge >= 0.3 is 5.97 Å². The molecule has 0 aliphatic carbocycles. The number of benzene rings is 3. The van der Waals surface area contributed by atoms with Crippen molar-refractivity contribution in [2.75, 3.05) is 67.5 Å². The number of hydrogen-bond acceptors (Lipinski definition) is 11. The van der Waals surface area contributed by atoms with Gasteiger partial charge in [-0.05, 0) is 30.3 Å². The Bertz CT molecular complexity index is 1610. The zero-order chi connectivity index (χ0) is 30.1. The van der Waals surface area contributed by atoms with Crippen molar-refractivity contribution in [1.29, 1.82) is 0 Å². The van der Waals surface area contributed by atoms with E-state index >= 15 is 0 Å². The monoisotopic (exact) mass is 621 g/mol. The van der Waals surface area contributed by atoms with E-state index in [1.165, 1.54) is 39.5 Å². The number of carbonyl (C=O) groups excluding carboxylic acids is 1. The molecule has 4 aromatic rings. The van der Waals surface area contributed by atoms with E-state index in [-0.39, 0.29) is 81.1 Å². The third-order valence-corrected chi connectivity index (χ3v) is 6.23. The molecule has 0 radical (unpaired) electrons. The summed E-state index contributed by atoms with van der Waals surface area (Å²) in [5.41, 5.74) is 5.17. The van der Waals surface area contributed by atoms with Gasteiger partial charge in [0.1, 0.15) is 36.3 Å². The Balaban J connectivity index is 0.00000506. The van der Waals surface area contributed by atoms with Gasteiger partial charge in [0.25, 0.3) is 0 Å². The molecular formula is C30H33ClFNO10. The molecule has 2 N–H and O–H groups in total. The van der Waals surface area contributed by atoms with Crippen LogP contribution < -0.4 is 30.1 Å². The second-order valence-electron chi connectivity index (χ2n) is 8.77. The number of ether oxygens (including phenoxy) is 7. The first-order chi connectivity index (χ1) is 20.4. The summed E-state index contributed by atoms with van der Waals surface area (Å²) in [7, 11) is 4.50. The molecule has 0 bridgehead atoms. The lowest BCUT2D eigenvalue weighted by molar-refractivity contribution is -0.143. The summed E-state index contributed by atoms with van der Waals surface area (Å²) in [6.45, 7) is 0.722. The van der Waals surface area contributed by atoms with Crippen LogP contribution in [-0.2, 0) is 19.0 Å². The average molecular weight is 622 g/mol. The molecule has 43 heavy (non-hydrogen) atoms. The van der Waals surface area contributed by atoms with Gasteiger partial charge < -0.3 is 43.3 Å². The van der Waals surface area contributed by atoms with Crippen molar-refractivity contribution in [3.8, 4) is 34.3 Å². The van der Waals surface area contributed by atoms with Crippen molar-refractivity contribution in [1.82, 2.24) is 0 Å². The van der Waals surface area contributed by atoms with E-state index in [1.54, 1.807) is 24.3 Å². The Kier molecular flexibility index (Phi) is 12.4. The standard InChI is InChI=1S/C30H32FNO10.ClH/c1-35-21-7-8-22(36-2)26-25(21)23(37-3)16-20-27(34)30(28(42-29(20)26)18-5-4-6-19(31)15-18)41-14-12-39-10-9-38-11-13-40-24(33)17-32;/h4-8,15-16H,9-14,17,32H2,1-3H3;1H. The first-order valence-electron chi connectivity index (χ1n) is 13.1. The topological polar surface area (TPSA) is 138 Å². The lowest BCUT2D eigenvalue weighted by atomic mass is 10.0. The van der Waals surface area contributed by atoms with Gasteiger partial charge in [-0.3, -0.25) is 9.59 Å². The maximum atomic E-state index is 14.3. The Hall–Kier alpha value is -4.10. The van der Waals surface area contributed by atoms with Gasteiger partial charge in [-0.15, -0.1) is 12.4 Å². The number of hydrogen-bond donors (Lipinski definition) is 1. The SMILES string of the molecule is COc1ccc(OC)c2c1c(OC)cc1c(=O)c(OCCOCCOCCOC(=O)CN)c(-c3cccc(F)c3)oc12.Cl. The fourth-order valence-electron chi connectivity index (χ4n) is 4.34. The van der Waals surface area contributed by atoms with Gasteiger partial charge in [-0.1, -0.05) is 12.1 Å². The fraction of sp³-hybridized carbons (Fsp3) is 0.333. The van der Waals surface area contributed by atoms with Crippen molar-refractivity contribution in [3.05, 3.63) is 58.5 Å². The van der Waals surface area contributed by atoms with E-state index < -0.39 is 17.2 Å². The molecule has 0 fully saturated rings. The van der Waals surface area contributed by atoms with Crippen LogP contribution in [0.1, 0.15) is 0 Å². The zero-order valence-electron chi connectivity index (χ0n) is 23.9. The Morgan fingerprint density at radius 3 is 2.09 bits per heavy atom. The molecule has 0 saturated heterocycles. The minimum Gasteiger partial charge on any atom is -0.496 e. The molecule has 4 rings (SSSR count). The summed E-state index contributed by atoms with van der Waals surface area (Å²) >= 11 is 0. The van der Waals surface area contributed by atoms with Gasteiger partial charge in [0, 0.05) is 5.56 Å². The Morgan fingerprint density at radius 2 is 1.47 bits per heavy atom. The van der Waals surface area contributed by atoms with Crippen LogP contribution in [0.2, 0.25) is 0 Å². The molecule has 0 aliphatic heterocycles. The van der Waals surface area contributed by atoms with Crippen LogP contribution >= 0.6 is 12.4 Å². The molecular weight excluding hydrogens is 589 g/mol. The third kappa shape index (κ3) is 7.65. The van der Waals surface area contributed by atoms with Crippen LogP contribution in [0, 0.1) is 5.82 Å². The molecule has 0 unspecified atom stereocenters. The normalized spacial score (nSPS) is 10.8. The van der Waals surface area contributed by atoms with E-state index in [1.807, 2.05) is 0 Å². The molecule has 1 heterocycles. The largest absolute Gasteiger partial charge is 0.496 e. The van der Waals surface area contributed by atoms with Crippen molar-refractivity contribution >= 4 is 40.1 Å². The Labute approximate surface area is 252 Å². The molecule has 0 spiro atoms. The molecule has 232 valence electrons. The quantitative estimate of drug-likeness (QED) is 0.117. The van der Waals surface area contributed by atoms with Gasteiger partial charge in [-0.25, -0.2) is 4.39 Å². The van der Waals surface area contributed by atoms with Gasteiger partial charge in [0.2, 0.25) is 11.2 Å². The maximum Gasteiger partial charge on any atom is 0.319 e. The highest BCUT2D eigenvalue weighted by atomic mass is 35.5. The summed E-state index contributed by atoms with van der Waals surface area (Å²) in [5, 5.41) is 1.17. The third-order valence-electron chi connectivity index (χ3n) is 6.23. The minimum atomic E-state index is -0.513. The first-order valence-corrected chi connectivity index (χ1v) is 13.1. The van der Waals surface area contributed by atoms with E-state index in [2.05, 4.69) is 0 Å². The highest BCUT2D eigenvalue weighted by molar-refractivity contribution is 6.13. The van der Waals surface area contributed by atoms with Crippen LogP contribution in [0.5, 0.6) is 23.0 Å². The molecule has 0 aliphatic rings. The van der Waals surface area contributed by atoms with E-state index in [4.69, 9.17) is 43.3 Å². The lowest BCUT2D eigenvalue weighted by Crippen LogP contribution is -2.20. The molecule has 1 aromatic heterocycles. The highest BCUT2D eigenvalue weighted by Gasteiger charge is 2.24. The summed E-state index contributed by atoms with van der Waals surface area (Å²) in [5.74, 6) is 0.180. The first kappa shape index (κ1) is 33.4.